The van der Waals surface area contributed by atoms with Crippen LogP contribution in [0.15, 0.2) is 47.4 Å². The van der Waals surface area contributed by atoms with Gasteiger partial charge in [-0.05, 0) is 38.1 Å². The van der Waals surface area contributed by atoms with Gasteiger partial charge in [-0.25, -0.2) is 8.42 Å². The molecule has 0 saturated carbocycles. The minimum Gasteiger partial charge on any atom is -0.298 e. The fourth-order valence-electron chi connectivity index (χ4n) is 1.79. The Morgan fingerprint density at radius 1 is 0.950 bits per heavy atom. The van der Waals surface area contributed by atoms with E-state index in [1.807, 2.05) is 13.8 Å². The number of anilines is 1. The highest BCUT2D eigenvalue weighted by Gasteiger charge is 2.15. The van der Waals surface area contributed by atoms with Gasteiger partial charge in [0.05, 0.1) is 10.6 Å². The van der Waals surface area contributed by atoms with Gasteiger partial charge >= 0.3 is 0 Å². The first-order valence-electron chi connectivity index (χ1n) is 6.08. The zero-order valence-electron chi connectivity index (χ0n) is 11.3. The molecule has 20 heavy (non-hydrogen) atoms. The van der Waals surface area contributed by atoms with Crippen molar-refractivity contribution in [3.63, 3.8) is 0 Å². The van der Waals surface area contributed by atoms with E-state index in [0.717, 1.165) is 11.1 Å². The van der Waals surface area contributed by atoms with Gasteiger partial charge in [0.15, 0.2) is 6.29 Å². The van der Waals surface area contributed by atoms with Crippen LogP contribution in [-0.2, 0) is 10.0 Å². The summed E-state index contributed by atoms with van der Waals surface area (Å²) in [6, 6.07) is 11.5. The van der Waals surface area contributed by atoms with Crippen molar-refractivity contribution in [3.8, 4) is 0 Å². The number of carbonyl (C=O) groups excluding carboxylic acids is 1. The van der Waals surface area contributed by atoms with E-state index in [1.165, 1.54) is 12.1 Å². The third kappa shape index (κ3) is 3.05. The van der Waals surface area contributed by atoms with E-state index in [1.54, 1.807) is 30.3 Å². The van der Waals surface area contributed by atoms with Crippen LogP contribution in [0, 0.1) is 13.8 Å². The van der Waals surface area contributed by atoms with Crippen LogP contribution in [0.25, 0.3) is 0 Å². The summed E-state index contributed by atoms with van der Waals surface area (Å²) in [6.45, 7) is 3.72. The number of benzene rings is 2. The molecule has 0 radical (unpaired) electrons. The number of nitrogens with one attached hydrogen (secondary N) is 1. The summed E-state index contributed by atoms with van der Waals surface area (Å²) >= 11 is 0. The van der Waals surface area contributed by atoms with Crippen LogP contribution in [0.3, 0.4) is 0 Å². The highest BCUT2D eigenvalue weighted by molar-refractivity contribution is 7.92. The monoisotopic (exact) mass is 289 g/mol. The van der Waals surface area contributed by atoms with Crippen molar-refractivity contribution in [2.75, 3.05) is 4.72 Å². The summed E-state index contributed by atoms with van der Waals surface area (Å²) in [6.07, 6.45) is 0.639. The van der Waals surface area contributed by atoms with Crippen LogP contribution in [0.5, 0.6) is 0 Å². The molecule has 104 valence electrons. The summed E-state index contributed by atoms with van der Waals surface area (Å²) in [5, 5.41) is 0. The number of aldehydes is 1. The van der Waals surface area contributed by atoms with Crippen molar-refractivity contribution in [1.29, 1.82) is 0 Å². The van der Waals surface area contributed by atoms with Gasteiger partial charge in [0.25, 0.3) is 10.0 Å². The Kier molecular flexibility index (Phi) is 3.90. The molecule has 2 aromatic rings. The number of sulfonamides is 1. The molecule has 0 amide bonds. The van der Waals surface area contributed by atoms with Gasteiger partial charge in [0.2, 0.25) is 0 Å². The maximum Gasteiger partial charge on any atom is 0.261 e. The van der Waals surface area contributed by atoms with Gasteiger partial charge in [-0.3, -0.25) is 9.52 Å². The number of hydrogen-bond donors (Lipinski definition) is 1. The predicted molar refractivity (Wildman–Crippen MR) is 78.6 cm³/mol. The second-order valence-corrected chi connectivity index (χ2v) is 6.31. The first kappa shape index (κ1) is 14.3. The lowest BCUT2D eigenvalue weighted by Crippen LogP contribution is -2.14. The third-order valence-corrected chi connectivity index (χ3v) is 4.29. The molecular formula is C15H15NO3S. The first-order chi connectivity index (χ1) is 9.42. The summed E-state index contributed by atoms with van der Waals surface area (Å²) in [5.41, 5.74) is 2.48. The average Bonchev–Trinajstić information content (AvgIpc) is 2.41. The van der Waals surface area contributed by atoms with Crippen LogP contribution in [0.1, 0.15) is 21.5 Å². The van der Waals surface area contributed by atoms with Gasteiger partial charge in [-0.15, -0.1) is 0 Å². The summed E-state index contributed by atoms with van der Waals surface area (Å²) in [5.74, 6) is 0. The fourth-order valence-corrected chi connectivity index (χ4v) is 2.88. The minimum absolute atomic E-state index is 0.167. The molecule has 5 heteroatoms. The number of rotatable bonds is 4. The van der Waals surface area contributed by atoms with E-state index in [9.17, 15) is 13.2 Å². The molecule has 1 N–H and O–H groups in total. The molecule has 0 aliphatic heterocycles. The Morgan fingerprint density at radius 3 is 2.15 bits per heavy atom. The molecular weight excluding hydrogens is 274 g/mol. The molecule has 0 spiro atoms. The Bertz CT molecular complexity index is 734. The van der Waals surface area contributed by atoms with E-state index < -0.39 is 10.0 Å². The summed E-state index contributed by atoms with van der Waals surface area (Å²) < 4.78 is 26.9. The van der Waals surface area contributed by atoms with Crippen molar-refractivity contribution in [1.82, 2.24) is 0 Å². The maximum absolute atomic E-state index is 12.2. The largest absolute Gasteiger partial charge is 0.298 e. The van der Waals surface area contributed by atoms with E-state index >= 15 is 0 Å². The number of hydrogen-bond acceptors (Lipinski definition) is 3. The van der Waals surface area contributed by atoms with Crippen molar-refractivity contribution in [3.05, 3.63) is 59.2 Å². The molecule has 0 aliphatic rings. The van der Waals surface area contributed by atoms with E-state index in [2.05, 4.69) is 4.72 Å². The van der Waals surface area contributed by atoms with Crippen LogP contribution in [0.4, 0.5) is 5.69 Å². The van der Waals surface area contributed by atoms with Crippen molar-refractivity contribution in [2.24, 2.45) is 0 Å². The van der Waals surface area contributed by atoms with Gasteiger partial charge in [0.1, 0.15) is 0 Å². The molecule has 0 fully saturated rings. The zero-order chi connectivity index (χ0) is 14.8. The summed E-state index contributed by atoms with van der Waals surface area (Å²) in [7, 11) is -3.68. The molecule has 0 aromatic heterocycles. The maximum atomic E-state index is 12.2. The Labute approximate surface area is 118 Å². The lowest BCUT2D eigenvalue weighted by atomic mass is 10.1. The normalized spacial score (nSPS) is 11.1. The predicted octanol–water partition coefficient (Wildman–Crippen LogP) is 2.92. The zero-order valence-corrected chi connectivity index (χ0v) is 12.1. The lowest BCUT2D eigenvalue weighted by Gasteiger charge is -2.10. The smallest absolute Gasteiger partial charge is 0.261 e. The molecule has 2 rings (SSSR count). The van der Waals surface area contributed by atoms with Gasteiger partial charge < -0.3 is 0 Å². The molecule has 4 nitrogen and oxygen atoms in total. The van der Waals surface area contributed by atoms with Gasteiger partial charge in [-0.1, -0.05) is 29.3 Å². The topological polar surface area (TPSA) is 63.2 Å². The van der Waals surface area contributed by atoms with E-state index in [4.69, 9.17) is 0 Å². The Hall–Kier alpha value is -2.14. The van der Waals surface area contributed by atoms with E-state index in [0.29, 0.717) is 11.8 Å². The molecule has 0 unspecified atom stereocenters. The fraction of sp³-hybridized carbons (Fsp3) is 0.133. The first-order valence-corrected chi connectivity index (χ1v) is 7.56. The third-order valence-electron chi connectivity index (χ3n) is 2.91. The quantitative estimate of drug-likeness (QED) is 0.880. The van der Waals surface area contributed by atoms with Crippen LogP contribution in [0.2, 0.25) is 0 Å². The van der Waals surface area contributed by atoms with Crippen molar-refractivity contribution in [2.45, 2.75) is 18.7 Å². The lowest BCUT2D eigenvalue weighted by molar-refractivity contribution is 0.112. The van der Waals surface area contributed by atoms with Gasteiger partial charge in [-0.2, -0.15) is 0 Å². The molecule has 0 bridgehead atoms. The van der Waals surface area contributed by atoms with E-state index in [-0.39, 0.29) is 10.6 Å². The summed E-state index contributed by atoms with van der Waals surface area (Å²) in [4.78, 5) is 11.2. The minimum atomic E-state index is -3.68. The Balaban J connectivity index is 2.38. The average molecular weight is 289 g/mol. The van der Waals surface area contributed by atoms with Crippen LogP contribution >= 0.6 is 0 Å². The molecule has 0 heterocycles. The number of aryl methyl sites for hydroxylation is 2. The molecule has 0 aliphatic carbocycles. The Morgan fingerprint density at radius 2 is 1.55 bits per heavy atom. The molecule has 0 saturated heterocycles. The van der Waals surface area contributed by atoms with Crippen LogP contribution in [-0.4, -0.2) is 14.7 Å². The highest BCUT2D eigenvalue weighted by Crippen LogP contribution is 2.20. The highest BCUT2D eigenvalue weighted by atomic mass is 32.2. The van der Waals surface area contributed by atoms with Crippen molar-refractivity contribution < 1.29 is 13.2 Å². The SMILES string of the molecule is Cc1ccc(S(=O)(=O)Nc2ccc(C)cc2C=O)cc1. The standard InChI is InChI=1S/C15H15NO3S/c1-11-3-6-14(7-4-11)20(18,19)16-15-8-5-12(2)9-13(15)10-17/h3-10,16H,1-2H3. The molecule has 2 aromatic carbocycles. The molecule has 0 atom stereocenters. The second kappa shape index (κ2) is 5.46. The number of carbonyl (C=O) groups is 1. The van der Waals surface area contributed by atoms with Crippen LogP contribution < -0.4 is 4.72 Å². The second-order valence-electron chi connectivity index (χ2n) is 4.63. The van der Waals surface area contributed by atoms with Gasteiger partial charge in [0, 0.05) is 5.56 Å². The van der Waals surface area contributed by atoms with Crippen molar-refractivity contribution >= 4 is 22.0 Å².